The first-order valence-electron chi connectivity index (χ1n) is 7.04. The van der Waals surface area contributed by atoms with Crippen LogP contribution >= 0.6 is 0 Å². The molecular weight excluding hydrogens is 294 g/mol. The number of nitrogens with zero attached hydrogens (tertiary/aromatic N) is 1. The SMILES string of the molecule is COc1cc(C=NNC(N)=O)ccc1OCc1ccccc1C. The standard InChI is InChI=1S/C17H19N3O3/c1-12-5-3-4-6-14(12)11-23-15-8-7-13(9-16(15)22-2)10-19-20-17(18)21/h3-10H,11H2,1-2H3,(H3,18,20,21). The summed E-state index contributed by atoms with van der Waals surface area (Å²) in [6.07, 6.45) is 1.47. The second-order valence-electron chi connectivity index (χ2n) is 4.86. The first-order valence-corrected chi connectivity index (χ1v) is 7.04. The van der Waals surface area contributed by atoms with E-state index in [0.29, 0.717) is 18.1 Å². The molecule has 0 unspecified atom stereocenters. The minimum atomic E-state index is -0.716. The second-order valence-corrected chi connectivity index (χ2v) is 4.86. The number of hydrogen-bond donors (Lipinski definition) is 2. The quantitative estimate of drug-likeness (QED) is 0.635. The molecule has 0 bridgehead atoms. The number of nitrogens with two attached hydrogens (primary N) is 1. The van der Waals surface area contributed by atoms with Crippen molar-refractivity contribution in [1.82, 2.24) is 5.43 Å². The maximum atomic E-state index is 10.6. The molecule has 0 saturated heterocycles. The summed E-state index contributed by atoms with van der Waals surface area (Å²) < 4.78 is 11.2. The molecule has 0 aliphatic carbocycles. The fraction of sp³-hybridized carbons (Fsp3) is 0.176. The Morgan fingerprint density at radius 2 is 2.04 bits per heavy atom. The lowest BCUT2D eigenvalue weighted by Crippen LogP contribution is -2.24. The van der Waals surface area contributed by atoms with E-state index >= 15 is 0 Å². The predicted octanol–water partition coefficient (Wildman–Crippen LogP) is 2.58. The van der Waals surface area contributed by atoms with Crippen LogP contribution in [0.15, 0.2) is 47.6 Å². The zero-order valence-corrected chi connectivity index (χ0v) is 13.1. The lowest BCUT2D eigenvalue weighted by molar-refractivity contribution is 0.249. The molecule has 0 atom stereocenters. The van der Waals surface area contributed by atoms with Crippen LogP contribution in [0.1, 0.15) is 16.7 Å². The maximum Gasteiger partial charge on any atom is 0.332 e. The number of carbonyl (C=O) groups is 1. The number of primary amides is 1. The van der Waals surface area contributed by atoms with E-state index in [1.807, 2.05) is 37.3 Å². The Bertz CT molecular complexity index is 714. The van der Waals surface area contributed by atoms with Crippen LogP contribution < -0.4 is 20.6 Å². The van der Waals surface area contributed by atoms with Crippen molar-refractivity contribution in [2.45, 2.75) is 13.5 Å². The Hall–Kier alpha value is -3.02. The van der Waals surface area contributed by atoms with E-state index in [2.05, 4.69) is 10.5 Å². The van der Waals surface area contributed by atoms with Crippen LogP contribution in [0.5, 0.6) is 11.5 Å². The van der Waals surface area contributed by atoms with E-state index in [1.165, 1.54) is 11.8 Å². The molecule has 0 aromatic heterocycles. The van der Waals surface area contributed by atoms with Gasteiger partial charge in [-0.1, -0.05) is 24.3 Å². The van der Waals surface area contributed by atoms with Crippen LogP contribution in [0.3, 0.4) is 0 Å². The number of urea groups is 1. The zero-order chi connectivity index (χ0) is 16.7. The van der Waals surface area contributed by atoms with Gasteiger partial charge >= 0.3 is 6.03 Å². The van der Waals surface area contributed by atoms with E-state index < -0.39 is 6.03 Å². The van der Waals surface area contributed by atoms with E-state index in [0.717, 1.165) is 11.1 Å². The summed E-state index contributed by atoms with van der Waals surface area (Å²) in [5, 5.41) is 3.71. The topological polar surface area (TPSA) is 85.9 Å². The van der Waals surface area contributed by atoms with Gasteiger partial charge in [0, 0.05) is 0 Å². The number of ether oxygens (including phenoxy) is 2. The predicted molar refractivity (Wildman–Crippen MR) is 88.8 cm³/mol. The smallest absolute Gasteiger partial charge is 0.332 e. The number of methoxy groups -OCH3 is 1. The molecule has 2 rings (SSSR count). The largest absolute Gasteiger partial charge is 0.493 e. The number of rotatable bonds is 6. The third-order valence-corrected chi connectivity index (χ3v) is 3.22. The van der Waals surface area contributed by atoms with Crippen molar-refractivity contribution in [2.24, 2.45) is 10.8 Å². The van der Waals surface area contributed by atoms with Gasteiger partial charge in [-0.25, -0.2) is 10.2 Å². The first-order chi connectivity index (χ1) is 11.1. The van der Waals surface area contributed by atoms with Gasteiger partial charge in [-0.3, -0.25) is 0 Å². The van der Waals surface area contributed by atoms with Crippen LogP contribution in [0, 0.1) is 6.92 Å². The van der Waals surface area contributed by atoms with E-state index in [-0.39, 0.29) is 0 Å². The Balaban J connectivity index is 2.09. The van der Waals surface area contributed by atoms with Crippen molar-refractivity contribution < 1.29 is 14.3 Å². The number of hydrogen-bond acceptors (Lipinski definition) is 4. The summed E-state index contributed by atoms with van der Waals surface area (Å²) in [5.74, 6) is 1.22. The van der Waals surface area contributed by atoms with Gasteiger partial charge in [-0.05, 0) is 41.8 Å². The number of benzene rings is 2. The van der Waals surface area contributed by atoms with Gasteiger partial charge < -0.3 is 15.2 Å². The van der Waals surface area contributed by atoms with Gasteiger partial charge in [0.05, 0.1) is 13.3 Å². The Kier molecular flexibility index (Phi) is 5.57. The minimum Gasteiger partial charge on any atom is -0.493 e. The number of aryl methyl sites for hydroxylation is 1. The molecular formula is C17H19N3O3. The molecule has 0 radical (unpaired) electrons. The average Bonchev–Trinajstić information content (AvgIpc) is 2.54. The maximum absolute atomic E-state index is 10.6. The van der Waals surface area contributed by atoms with Crippen LogP contribution in [-0.4, -0.2) is 19.4 Å². The fourth-order valence-electron chi connectivity index (χ4n) is 1.98. The molecule has 0 spiro atoms. The van der Waals surface area contributed by atoms with Crippen LogP contribution in [0.4, 0.5) is 4.79 Å². The van der Waals surface area contributed by atoms with Crippen molar-refractivity contribution in [1.29, 1.82) is 0 Å². The van der Waals surface area contributed by atoms with Crippen LogP contribution in [-0.2, 0) is 6.61 Å². The van der Waals surface area contributed by atoms with E-state index in [9.17, 15) is 4.79 Å². The molecule has 0 heterocycles. The number of amides is 2. The molecule has 23 heavy (non-hydrogen) atoms. The van der Waals surface area contributed by atoms with Crippen molar-refractivity contribution in [2.75, 3.05) is 7.11 Å². The third-order valence-electron chi connectivity index (χ3n) is 3.22. The summed E-state index contributed by atoms with van der Waals surface area (Å²) in [5.41, 5.74) is 10.1. The highest BCUT2D eigenvalue weighted by Crippen LogP contribution is 2.28. The van der Waals surface area contributed by atoms with Crippen LogP contribution in [0.2, 0.25) is 0 Å². The summed E-state index contributed by atoms with van der Waals surface area (Å²) in [6, 6.07) is 12.7. The molecule has 120 valence electrons. The molecule has 2 aromatic rings. The molecule has 6 heteroatoms. The molecule has 3 N–H and O–H groups in total. The first kappa shape index (κ1) is 16.4. The zero-order valence-electron chi connectivity index (χ0n) is 13.1. The van der Waals surface area contributed by atoms with E-state index in [4.69, 9.17) is 15.2 Å². The summed E-state index contributed by atoms with van der Waals surface area (Å²) >= 11 is 0. The third kappa shape index (κ3) is 4.74. The minimum absolute atomic E-state index is 0.458. The second kappa shape index (κ2) is 7.84. The summed E-state index contributed by atoms with van der Waals surface area (Å²) in [6.45, 7) is 2.50. The molecule has 2 amide bonds. The number of hydrazone groups is 1. The Morgan fingerprint density at radius 1 is 1.26 bits per heavy atom. The van der Waals surface area contributed by atoms with Crippen molar-refractivity contribution in [3.05, 3.63) is 59.2 Å². The molecule has 0 aliphatic rings. The fourth-order valence-corrected chi connectivity index (χ4v) is 1.98. The molecule has 0 aliphatic heterocycles. The van der Waals surface area contributed by atoms with Crippen molar-refractivity contribution in [3.8, 4) is 11.5 Å². The average molecular weight is 313 g/mol. The molecule has 6 nitrogen and oxygen atoms in total. The van der Waals surface area contributed by atoms with E-state index in [1.54, 1.807) is 19.2 Å². The highest BCUT2D eigenvalue weighted by molar-refractivity contribution is 5.82. The van der Waals surface area contributed by atoms with Crippen molar-refractivity contribution >= 4 is 12.2 Å². The van der Waals surface area contributed by atoms with Crippen molar-refractivity contribution in [3.63, 3.8) is 0 Å². The molecule has 0 saturated carbocycles. The molecule has 2 aromatic carbocycles. The number of nitrogens with one attached hydrogen (secondary N) is 1. The Morgan fingerprint density at radius 3 is 2.74 bits per heavy atom. The van der Waals surface area contributed by atoms with Gasteiger partial charge in [0.1, 0.15) is 6.61 Å². The van der Waals surface area contributed by atoms with Gasteiger partial charge in [-0.2, -0.15) is 5.10 Å². The van der Waals surface area contributed by atoms with Gasteiger partial charge in [0.25, 0.3) is 0 Å². The van der Waals surface area contributed by atoms with Gasteiger partial charge in [0.2, 0.25) is 0 Å². The number of carbonyl (C=O) groups excluding carboxylic acids is 1. The monoisotopic (exact) mass is 313 g/mol. The Labute approximate surface area is 134 Å². The highest BCUT2D eigenvalue weighted by atomic mass is 16.5. The van der Waals surface area contributed by atoms with Crippen LogP contribution in [0.25, 0.3) is 0 Å². The lowest BCUT2D eigenvalue weighted by atomic mass is 10.1. The molecule has 0 fully saturated rings. The summed E-state index contributed by atoms with van der Waals surface area (Å²) in [4.78, 5) is 10.6. The van der Waals surface area contributed by atoms with Gasteiger partial charge in [-0.15, -0.1) is 0 Å². The highest BCUT2D eigenvalue weighted by Gasteiger charge is 2.06. The normalized spacial score (nSPS) is 10.5. The summed E-state index contributed by atoms with van der Waals surface area (Å²) in [7, 11) is 1.57. The van der Waals surface area contributed by atoms with Gasteiger partial charge in [0.15, 0.2) is 11.5 Å². The lowest BCUT2D eigenvalue weighted by Gasteiger charge is -2.12.